The number of allylic oxidation sites excluding steroid dienone is 5. The number of hydrogen-bond acceptors (Lipinski definition) is 0. The summed E-state index contributed by atoms with van der Waals surface area (Å²) < 4.78 is 0. The number of hydrogen-bond donors (Lipinski definition) is 0. The molecule has 0 unspecified atom stereocenters. The van der Waals surface area contributed by atoms with E-state index in [1.807, 2.05) is 0 Å². The molecule has 2 aliphatic rings. The van der Waals surface area contributed by atoms with Gasteiger partial charge in [0.25, 0.3) is 0 Å². The van der Waals surface area contributed by atoms with E-state index < -0.39 is 0 Å². The van der Waals surface area contributed by atoms with E-state index in [4.69, 9.17) is 0 Å². The molecule has 0 radical (unpaired) electrons. The molecule has 0 heteroatoms. The maximum atomic E-state index is 3.97. The van der Waals surface area contributed by atoms with E-state index in [2.05, 4.69) is 45.6 Å². The van der Waals surface area contributed by atoms with Crippen LogP contribution in [0.5, 0.6) is 0 Å². The first-order valence-corrected chi connectivity index (χ1v) is 9.10. The summed E-state index contributed by atoms with van der Waals surface area (Å²) in [5.74, 6) is 3.85. The van der Waals surface area contributed by atoms with Gasteiger partial charge in [-0.2, -0.15) is 0 Å². The quantitative estimate of drug-likeness (QED) is 0.504. The first kappa shape index (κ1) is 16.6. The normalized spacial score (nSPS) is 35.1. The van der Waals surface area contributed by atoms with Crippen LogP contribution < -0.4 is 0 Å². The molecule has 2 saturated carbocycles. The maximum Gasteiger partial charge on any atom is -0.0165 e. The second-order valence-corrected chi connectivity index (χ2v) is 7.60. The highest BCUT2D eigenvalue weighted by molar-refractivity contribution is 5.27. The van der Waals surface area contributed by atoms with E-state index in [-0.39, 0.29) is 0 Å². The Morgan fingerprint density at radius 3 is 1.86 bits per heavy atom. The van der Waals surface area contributed by atoms with Crippen LogP contribution >= 0.6 is 0 Å². The average Bonchev–Trinajstić information content (AvgIpc) is 2.49. The predicted molar refractivity (Wildman–Crippen MR) is 94.3 cm³/mol. The van der Waals surface area contributed by atoms with Gasteiger partial charge >= 0.3 is 0 Å². The third-order valence-corrected chi connectivity index (χ3v) is 5.86. The molecule has 0 saturated heterocycles. The largest absolute Gasteiger partial charge is 0.0961 e. The molecule has 0 spiro atoms. The molecule has 0 N–H and O–H groups in total. The Morgan fingerprint density at radius 2 is 1.38 bits per heavy atom. The van der Waals surface area contributed by atoms with Gasteiger partial charge in [0.2, 0.25) is 0 Å². The third-order valence-electron chi connectivity index (χ3n) is 5.86. The van der Waals surface area contributed by atoms with E-state index in [1.54, 1.807) is 0 Å². The van der Waals surface area contributed by atoms with Gasteiger partial charge in [-0.1, -0.05) is 50.1 Å². The van der Waals surface area contributed by atoms with Gasteiger partial charge in [0.1, 0.15) is 0 Å². The summed E-state index contributed by atoms with van der Waals surface area (Å²) >= 11 is 0. The van der Waals surface area contributed by atoms with E-state index in [9.17, 15) is 0 Å². The van der Waals surface area contributed by atoms with Crippen LogP contribution in [0.4, 0.5) is 0 Å². The van der Waals surface area contributed by atoms with Crippen molar-refractivity contribution in [1.82, 2.24) is 0 Å². The topological polar surface area (TPSA) is 0 Å². The molecule has 2 fully saturated rings. The Bertz CT molecular complexity index is 382. The fourth-order valence-corrected chi connectivity index (χ4v) is 4.39. The molecule has 0 aromatic heterocycles. The SMILES string of the molecule is C=C(C)/C=C\C(=C/C)C1CCC(C2CCC(C)CC2)CC1. The molecular weight excluding hydrogens is 252 g/mol. The lowest BCUT2D eigenvalue weighted by atomic mass is 9.68. The molecule has 2 rings (SSSR count). The summed E-state index contributed by atoms with van der Waals surface area (Å²) in [5.41, 5.74) is 2.69. The minimum absolute atomic E-state index is 0.796. The monoisotopic (exact) mass is 286 g/mol. The molecule has 21 heavy (non-hydrogen) atoms. The smallest absolute Gasteiger partial charge is 0.0165 e. The van der Waals surface area contributed by atoms with Crippen LogP contribution in [0.2, 0.25) is 0 Å². The van der Waals surface area contributed by atoms with Gasteiger partial charge in [-0.3, -0.25) is 0 Å². The van der Waals surface area contributed by atoms with Crippen LogP contribution in [0.1, 0.15) is 72.1 Å². The van der Waals surface area contributed by atoms with Crippen LogP contribution in [0.3, 0.4) is 0 Å². The van der Waals surface area contributed by atoms with Gasteiger partial charge in [0, 0.05) is 0 Å². The van der Waals surface area contributed by atoms with Crippen molar-refractivity contribution in [2.75, 3.05) is 0 Å². The highest BCUT2D eigenvalue weighted by Gasteiger charge is 2.30. The zero-order valence-electron chi connectivity index (χ0n) is 14.4. The Kier molecular flexibility index (Phi) is 6.33. The molecule has 0 amide bonds. The molecule has 2 aliphatic carbocycles. The zero-order valence-corrected chi connectivity index (χ0v) is 14.4. The van der Waals surface area contributed by atoms with Crippen molar-refractivity contribution in [2.24, 2.45) is 23.7 Å². The Balaban J connectivity index is 1.83. The van der Waals surface area contributed by atoms with Crippen molar-refractivity contribution in [1.29, 1.82) is 0 Å². The van der Waals surface area contributed by atoms with Crippen LogP contribution in [-0.4, -0.2) is 0 Å². The van der Waals surface area contributed by atoms with Gasteiger partial charge in [-0.15, -0.1) is 0 Å². The summed E-state index contributed by atoms with van der Waals surface area (Å²) in [6, 6.07) is 0. The molecule has 0 bridgehead atoms. The highest BCUT2D eigenvalue weighted by Crippen LogP contribution is 2.42. The Labute approximate surface area is 132 Å². The van der Waals surface area contributed by atoms with Gasteiger partial charge in [-0.05, 0) is 81.6 Å². The minimum Gasteiger partial charge on any atom is -0.0961 e. The summed E-state index contributed by atoms with van der Waals surface area (Å²) in [4.78, 5) is 0. The van der Waals surface area contributed by atoms with Crippen molar-refractivity contribution in [2.45, 2.75) is 72.1 Å². The molecule has 0 aromatic rings. The van der Waals surface area contributed by atoms with E-state index in [0.29, 0.717) is 0 Å². The average molecular weight is 287 g/mol. The van der Waals surface area contributed by atoms with Gasteiger partial charge < -0.3 is 0 Å². The summed E-state index contributed by atoms with van der Waals surface area (Å²) in [5, 5.41) is 0. The van der Waals surface area contributed by atoms with E-state index in [0.717, 1.165) is 29.2 Å². The Hall–Kier alpha value is -0.780. The Morgan fingerprint density at radius 1 is 0.857 bits per heavy atom. The summed E-state index contributed by atoms with van der Waals surface area (Å²) in [6.07, 6.45) is 18.5. The minimum atomic E-state index is 0.796. The molecule has 0 aromatic carbocycles. The third kappa shape index (κ3) is 4.87. The van der Waals surface area contributed by atoms with Gasteiger partial charge in [0.05, 0.1) is 0 Å². The molecular formula is C21H34. The molecule has 118 valence electrons. The molecule has 0 heterocycles. The van der Waals surface area contributed by atoms with E-state index >= 15 is 0 Å². The van der Waals surface area contributed by atoms with Crippen molar-refractivity contribution >= 4 is 0 Å². The second-order valence-electron chi connectivity index (χ2n) is 7.60. The fourth-order valence-electron chi connectivity index (χ4n) is 4.39. The maximum absolute atomic E-state index is 3.97. The van der Waals surface area contributed by atoms with Crippen molar-refractivity contribution in [3.63, 3.8) is 0 Å². The first-order chi connectivity index (χ1) is 10.1. The molecule has 0 atom stereocenters. The van der Waals surface area contributed by atoms with Crippen molar-refractivity contribution in [3.05, 3.63) is 36.0 Å². The van der Waals surface area contributed by atoms with Crippen LogP contribution in [0, 0.1) is 23.7 Å². The fraction of sp³-hybridized carbons (Fsp3) is 0.714. The highest BCUT2D eigenvalue weighted by atomic mass is 14.4. The number of rotatable bonds is 4. The van der Waals surface area contributed by atoms with Gasteiger partial charge in [0.15, 0.2) is 0 Å². The lowest BCUT2D eigenvalue weighted by Gasteiger charge is -2.37. The summed E-state index contributed by atoms with van der Waals surface area (Å²) in [6.45, 7) is 10.7. The van der Waals surface area contributed by atoms with Crippen molar-refractivity contribution in [3.8, 4) is 0 Å². The molecule has 0 aliphatic heterocycles. The second kappa shape index (κ2) is 8.01. The first-order valence-electron chi connectivity index (χ1n) is 9.10. The lowest BCUT2D eigenvalue weighted by Crippen LogP contribution is -2.25. The lowest BCUT2D eigenvalue weighted by molar-refractivity contribution is 0.159. The van der Waals surface area contributed by atoms with Crippen LogP contribution in [0.25, 0.3) is 0 Å². The van der Waals surface area contributed by atoms with Crippen LogP contribution in [-0.2, 0) is 0 Å². The summed E-state index contributed by atoms with van der Waals surface area (Å²) in [7, 11) is 0. The molecule has 0 nitrogen and oxygen atoms in total. The van der Waals surface area contributed by atoms with Gasteiger partial charge in [-0.25, -0.2) is 0 Å². The van der Waals surface area contributed by atoms with Crippen LogP contribution in [0.15, 0.2) is 36.0 Å². The zero-order chi connectivity index (χ0) is 15.2. The standard InChI is InChI=1S/C21H34/c1-5-18(9-6-16(2)3)19-12-14-21(15-13-19)20-10-7-17(4)8-11-20/h5-6,9,17,19-21H,2,7-8,10-15H2,1,3-4H3/b9-6-,18-5+. The van der Waals surface area contributed by atoms with Crippen molar-refractivity contribution < 1.29 is 0 Å². The van der Waals surface area contributed by atoms with E-state index in [1.165, 1.54) is 56.9 Å². The predicted octanol–water partition coefficient (Wildman–Crippen LogP) is 6.70.